The van der Waals surface area contributed by atoms with Crippen LogP contribution in [0.4, 0.5) is 0 Å². The number of hydrogen-bond donors (Lipinski definition) is 3. The van der Waals surface area contributed by atoms with Gasteiger partial charge in [0.2, 0.25) is 11.8 Å². The fourth-order valence-corrected chi connectivity index (χ4v) is 2.25. The first-order chi connectivity index (χ1) is 8.05. The number of nitrogens with one attached hydrogen (secondary N) is 2. The molecule has 5 nitrogen and oxygen atoms in total. The maximum absolute atomic E-state index is 12.1. The lowest BCUT2D eigenvalue weighted by molar-refractivity contribution is -0.134. The van der Waals surface area contributed by atoms with Crippen LogP contribution < -0.4 is 16.4 Å². The Kier molecular flexibility index (Phi) is 7.25. The second kappa shape index (κ2) is 7.59. The Bertz CT molecular complexity index is 287. The van der Waals surface area contributed by atoms with Crippen molar-refractivity contribution in [2.45, 2.75) is 45.1 Å². The maximum atomic E-state index is 12.1. The molecule has 0 radical (unpaired) electrons. The third-order valence-corrected chi connectivity index (χ3v) is 3.71. The summed E-state index contributed by atoms with van der Waals surface area (Å²) >= 11 is 0. The number of amides is 2. The largest absolute Gasteiger partial charge is 0.368 e. The molecule has 0 aromatic carbocycles. The first-order valence-electron chi connectivity index (χ1n) is 6.38. The summed E-state index contributed by atoms with van der Waals surface area (Å²) in [5, 5.41) is 6.04. The molecule has 1 unspecified atom stereocenters. The molecule has 1 fully saturated rings. The van der Waals surface area contributed by atoms with Crippen LogP contribution in [0.2, 0.25) is 0 Å². The van der Waals surface area contributed by atoms with E-state index in [1.807, 2.05) is 13.8 Å². The van der Waals surface area contributed by atoms with Crippen molar-refractivity contribution >= 4 is 24.2 Å². The third-order valence-electron chi connectivity index (χ3n) is 3.71. The van der Waals surface area contributed by atoms with Crippen LogP contribution in [0.1, 0.15) is 39.5 Å². The van der Waals surface area contributed by atoms with E-state index in [0.29, 0.717) is 19.4 Å². The molecule has 1 aliphatic rings. The molecule has 18 heavy (non-hydrogen) atoms. The van der Waals surface area contributed by atoms with E-state index in [0.717, 1.165) is 19.4 Å². The van der Waals surface area contributed by atoms with Gasteiger partial charge in [-0.15, -0.1) is 12.4 Å². The number of primary amides is 1. The van der Waals surface area contributed by atoms with Gasteiger partial charge in [-0.1, -0.05) is 13.8 Å². The van der Waals surface area contributed by atoms with Gasteiger partial charge in [-0.3, -0.25) is 9.59 Å². The summed E-state index contributed by atoms with van der Waals surface area (Å²) in [6.07, 6.45) is 2.94. The SMILES string of the molecule is CCC(CC)(NC(=O)C1CCCNC1)C(N)=O.Cl. The Morgan fingerprint density at radius 2 is 2.00 bits per heavy atom. The summed E-state index contributed by atoms with van der Waals surface area (Å²) < 4.78 is 0. The van der Waals surface area contributed by atoms with E-state index in [4.69, 9.17) is 5.73 Å². The second-order valence-corrected chi connectivity index (χ2v) is 4.69. The highest BCUT2D eigenvalue weighted by Gasteiger charge is 2.36. The van der Waals surface area contributed by atoms with Crippen LogP contribution in [0.25, 0.3) is 0 Å². The molecule has 0 aromatic rings. The molecule has 1 heterocycles. The summed E-state index contributed by atoms with van der Waals surface area (Å²) in [7, 11) is 0. The van der Waals surface area contributed by atoms with Crippen molar-refractivity contribution in [3.63, 3.8) is 0 Å². The number of piperidine rings is 1. The summed E-state index contributed by atoms with van der Waals surface area (Å²) in [4.78, 5) is 23.6. The molecule has 0 aliphatic carbocycles. The molecule has 0 bridgehead atoms. The molecule has 1 saturated heterocycles. The predicted octanol–water partition coefficient (Wildman–Crippen LogP) is 0.568. The van der Waals surface area contributed by atoms with Gasteiger partial charge in [0.05, 0.1) is 5.92 Å². The average Bonchev–Trinajstić information content (AvgIpc) is 2.36. The van der Waals surface area contributed by atoms with Crippen molar-refractivity contribution in [2.75, 3.05) is 13.1 Å². The molecule has 0 spiro atoms. The zero-order valence-electron chi connectivity index (χ0n) is 11.1. The summed E-state index contributed by atoms with van der Waals surface area (Å²) in [6.45, 7) is 5.39. The van der Waals surface area contributed by atoms with Gasteiger partial charge in [0, 0.05) is 6.54 Å². The molecule has 4 N–H and O–H groups in total. The van der Waals surface area contributed by atoms with Crippen LogP contribution in [-0.4, -0.2) is 30.4 Å². The summed E-state index contributed by atoms with van der Waals surface area (Å²) in [6, 6.07) is 0. The standard InChI is InChI=1S/C12H23N3O2.ClH/c1-3-12(4-2,11(13)17)15-10(16)9-6-5-7-14-8-9;/h9,14H,3-8H2,1-2H3,(H2,13,17)(H,15,16);1H. The molecule has 106 valence electrons. The number of hydrogen-bond acceptors (Lipinski definition) is 3. The van der Waals surface area contributed by atoms with Gasteiger partial charge in [-0.05, 0) is 32.2 Å². The average molecular weight is 278 g/mol. The molecule has 2 amide bonds. The molecule has 0 saturated carbocycles. The van der Waals surface area contributed by atoms with E-state index in [9.17, 15) is 9.59 Å². The van der Waals surface area contributed by atoms with E-state index >= 15 is 0 Å². The molecule has 6 heteroatoms. The monoisotopic (exact) mass is 277 g/mol. The minimum atomic E-state index is -0.880. The van der Waals surface area contributed by atoms with Crippen molar-refractivity contribution in [3.05, 3.63) is 0 Å². The number of halogens is 1. The van der Waals surface area contributed by atoms with E-state index in [-0.39, 0.29) is 24.2 Å². The van der Waals surface area contributed by atoms with Gasteiger partial charge in [0.25, 0.3) is 0 Å². The molecule has 0 aromatic heterocycles. The Morgan fingerprint density at radius 3 is 2.39 bits per heavy atom. The summed E-state index contributed by atoms with van der Waals surface area (Å²) in [5.74, 6) is -0.542. The second-order valence-electron chi connectivity index (χ2n) is 4.69. The van der Waals surface area contributed by atoms with Gasteiger partial charge >= 0.3 is 0 Å². The molecular formula is C12H24ClN3O2. The highest BCUT2D eigenvalue weighted by molar-refractivity contribution is 5.91. The lowest BCUT2D eigenvalue weighted by atomic mass is 9.90. The Labute approximate surface area is 115 Å². The van der Waals surface area contributed by atoms with Gasteiger partial charge in [0.15, 0.2) is 0 Å². The first kappa shape index (κ1) is 17.2. The lowest BCUT2D eigenvalue weighted by Gasteiger charge is -2.32. The van der Waals surface area contributed by atoms with Crippen molar-refractivity contribution in [1.82, 2.24) is 10.6 Å². The number of carbonyl (C=O) groups excluding carboxylic acids is 2. The van der Waals surface area contributed by atoms with E-state index in [1.54, 1.807) is 0 Å². The quantitative estimate of drug-likeness (QED) is 0.687. The Morgan fingerprint density at radius 1 is 1.39 bits per heavy atom. The minimum Gasteiger partial charge on any atom is -0.368 e. The smallest absolute Gasteiger partial charge is 0.243 e. The van der Waals surface area contributed by atoms with Crippen LogP contribution in [-0.2, 0) is 9.59 Å². The van der Waals surface area contributed by atoms with Crippen LogP contribution in [0.3, 0.4) is 0 Å². The van der Waals surface area contributed by atoms with E-state index < -0.39 is 11.4 Å². The van der Waals surface area contributed by atoms with Crippen molar-refractivity contribution in [1.29, 1.82) is 0 Å². The van der Waals surface area contributed by atoms with Gasteiger partial charge < -0.3 is 16.4 Å². The minimum absolute atomic E-state index is 0. The van der Waals surface area contributed by atoms with Crippen molar-refractivity contribution < 1.29 is 9.59 Å². The highest BCUT2D eigenvalue weighted by Crippen LogP contribution is 2.17. The third kappa shape index (κ3) is 3.85. The maximum Gasteiger partial charge on any atom is 0.243 e. The van der Waals surface area contributed by atoms with Crippen LogP contribution >= 0.6 is 12.4 Å². The topological polar surface area (TPSA) is 84.2 Å². The van der Waals surface area contributed by atoms with Gasteiger partial charge in [0.1, 0.15) is 5.54 Å². The highest BCUT2D eigenvalue weighted by atomic mass is 35.5. The Hall–Kier alpha value is -0.810. The Balaban J connectivity index is 0.00000289. The molecular weight excluding hydrogens is 254 g/mol. The fourth-order valence-electron chi connectivity index (χ4n) is 2.25. The first-order valence-corrected chi connectivity index (χ1v) is 6.38. The molecule has 1 atom stereocenters. The predicted molar refractivity (Wildman–Crippen MR) is 73.5 cm³/mol. The molecule has 1 aliphatic heterocycles. The number of carbonyl (C=O) groups is 2. The number of rotatable bonds is 5. The van der Waals surface area contributed by atoms with Crippen molar-refractivity contribution in [2.24, 2.45) is 11.7 Å². The van der Waals surface area contributed by atoms with Crippen molar-refractivity contribution in [3.8, 4) is 0 Å². The molecule has 1 rings (SSSR count). The normalized spacial score (nSPS) is 19.8. The van der Waals surface area contributed by atoms with E-state index in [1.165, 1.54) is 0 Å². The van der Waals surface area contributed by atoms with E-state index in [2.05, 4.69) is 10.6 Å². The van der Waals surface area contributed by atoms with Crippen LogP contribution in [0, 0.1) is 5.92 Å². The zero-order valence-corrected chi connectivity index (χ0v) is 11.9. The summed E-state index contributed by atoms with van der Waals surface area (Å²) in [5.41, 5.74) is 4.52. The van der Waals surface area contributed by atoms with Crippen LogP contribution in [0.5, 0.6) is 0 Å². The van der Waals surface area contributed by atoms with Gasteiger partial charge in [-0.2, -0.15) is 0 Å². The van der Waals surface area contributed by atoms with Crippen LogP contribution in [0.15, 0.2) is 0 Å². The lowest BCUT2D eigenvalue weighted by Crippen LogP contribution is -2.58. The fraction of sp³-hybridized carbons (Fsp3) is 0.833. The van der Waals surface area contributed by atoms with Gasteiger partial charge in [-0.25, -0.2) is 0 Å². The number of nitrogens with two attached hydrogens (primary N) is 1. The zero-order chi connectivity index (χ0) is 12.9.